The van der Waals surface area contributed by atoms with Gasteiger partial charge >= 0.3 is 0 Å². The highest BCUT2D eigenvalue weighted by molar-refractivity contribution is 9.10. The smallest absolute Gasteiger partial charge is 0.207 e. The van der Waals surface area contributed by atoms with Gasteiger partial charge < -0.3 is 4.42 Å². The zero-order valence-corrected chi connectivity index (χ0v) is 11.8. The van der Waals surface area contributed by atoms with E-state index in [1.807, 2.05) is 13.0 Å². The Morgan fingerprint density at radius 1 is 1.41 bits per heavy atom. The first-order valence-electron chi connectivity index (χ1n) is 5.73. The summed E-state index contributed by atoms with van der Waals surface area (Å²) in [5.41, 5.74) is 3.01. The summed E-state index contributed by atoms with van der Waals surface area (Å²) < 4.78 is 6.74. The van der Waals surface area contributed by atoms with Crippen LogP contribution in [0.2, 0.25) is 0 Å². The van der Waals surface area contributed by atoms with Crippen LogP contribution < -0.4 is 0 Å². The van der Waals surface area contributed by atoms with Gasteiger partial charge in [-0.15, -0.1) is 0 Å². The summed E-state index contributed by atoms with van der Waals surface area (Å²) in [6, 6.07) is 6.24. The topological polar surface area (TPSA) is 36.9 Å². The third-order valence-electron chi connectivity index (χ3n) is 2.96. The number of hydrogen-bond acceptors (Lipinski definition) is 2. The molecule has 0 atom stereocenters. The standard InChI is InChI=1S/C14H14BrNO/c1-4-10-12-6-9(15)5-11(8(2)3)14(12)17-13(10)7-16/h5-6,8H,4H2,1-3H3. The Labute approximate surface area is 109 Å². The molecule has 0 spiro atoms. The molecule has 1 aromatic heterocycles. The molecule has 0 amide bonds. The van der Waals surface area contributed by atoms with Crippen molar-refractivity contribution in [2.45, 2.75) is 33.1 Å². The van der Waals surface area contributed by atoms with Gasteiger partial charge in [0, 0.05) is 15.4 Å². The maximum atomic E-state index is 9.09. The van der Waals surface area contributed by atoms with Crippen LogP contribution in [0.1, 0.15) is 43.6 Å². The van der Waals surface area contributed by atoms with Crippen molar-refractivity contribution in [3.05, 3.63) is 33.5 Å². The zero-order valence-electron chi connectivity index (χ0n) is 10.2. The van der Waals surface area contributed by atoms with Crippen molar-refractivity contribution in [1.82, 2.24) is 0 Å². The molecule has 0 aliphatic rings. The first kappa shape index (κ1) is 12.2. The van der Waals surface area contributed by atoms with E-state index in [0.717, 1.165) is 33.0 Å². The fourth-order valence-corrected chi connectivity index (χ4v) is 2.58. The Morgan fingerprint density at radius 2 is 2.12 bits per heavy atom. The summed E-state index contributed by atoms with van der Waals surface area (Å²) in [5.74, 6) is 0.819. The molecule has 0 bridgehead atoms. The molecule has 2 rings (SSSR count). The van der Waals surface area contributed by atoms with E-state index < -0.39 is 0 Å². The van der Waals surface area contributed by atoms with Crippen molar-refractivity contribution in [2.24, 2.45) is 0 Å². The van der Waals surface area contributed by atoms with E-state index in [2.05, 4.69) is 41.9 Å². The van der Waals surface area contributed by atoms with Gasteiger partial charge in [-0.2, -0.15) is 5.26 Å². The number of hydrogen-bond donors (Lipinski definition) is 0. The van der Waals surface area contributed by atoms with Crippen molar-refractivity contribution in [2.75, 3.05) is 0 Å². The molecule has 0 radical (unpaired) electrons. The maximum Gasteiger partial charge on any atom is 0.207 e. The number of benzene rings is 1. The Balaban J connectivity index is 2.87. The first-order valence-corrected chi connectivity index (χ1v) is 6.52. The Morgan fingerprint density at radius 3 is 2.65 bits per heavy atom. The molecule has 17 heavy (non-hydrogen) atoms. The molecule has 0 saturated carbocycles. The number of furan rings is 1. The third kappa shape index (κ3) is 1.98. The number of nitrogens with zero attached hydrogens (tertiary/aromatic N) is 1. The van der Waals surface area contributed by atoms with Gasteiger partial charge in [-0.3, -0.25) is 0 Å². The molecule has 3 heteroatoms. The number of aryl methyl sites for hydroxylation is 1. The number of fused-ring (bicyclic) bond motifs is 1. The van der Waals surface area contributed by atoms with Gasteiger partial charge in [0.25, 0.3) is 0 Å². The van der Waals surface area contributed by atoms with E-state index in [4.69, 9.17) is 9.68 Å². The van der Waals surface area contributed by atoms with Crippen LogP contribution in [0, 0.1) is 11.3 Å². The monoisotopic (exact) mass is 291 g/mol. The summed E-state index contributed by atoms with van der Waals surface area (Å²) in [6.45, 7) is 6.30. The second-order valence-electron chi connectivity index (χ2n) is 4.40. The molecule has 0 aliphatic heterocycles. The quantitative estimate of drug-likeness (QED) is 0.800. The van der Waals surface area contributed by atoms with Gasteiger partial charge in [0.2, 0.25) is 5.76 Å². The van der Waals surface area contributed by atoms with E-state index >= 15 is 0 Å². The molecule has 88 valence electrons. The van der Waals surface area contributed by atoms with Crippen LogP contribution in [0.5, 0.6) is 0 Å². The Hall–Kier alpha value is -1.27. The second-order valence-corrected chi connectivity index (χ2v) is 5.32. The lowest BCUT2D eigenvalue weighted by molar-refractivity contribution is 0.587. The lowest BCUT2D eigenvalue weighted by atomic mass is 9.99. The Bertz CT molecular complexity index is 605. The van der Waals surface area contributed by atoms with Crippen LogP contribution in [-0.2, 0) is 6.42 Å². The van der Waals surface area contributed by atoms with Gasteiger partial charge in [-0.05, 0) is 30.0 Å². The predicted octanol–water partition coefficient (Wildman–Crippen LogP) is 4.75. The highest BCUT2D eigenvalue weighted by Crippen LogP contribution is 2.34. The Kier molecular flexibility index (Phi) is 3.26. The van der Waals surface area contributed by atoms with E-state index in [9.17, 15) is 0 Å². The fraction of sp³-hybridized carbons (Fsp3) is 0.357. The van der Waals surface area contributed by atoms with Gasteiger partial charge in [-0.25, -0.2) is 0 Å². The average molecular weight is 292 g/mol. The summed E-state index contributed by atoms with van der Waals surface area (Å²) in [4.78, 5) is 0. The third-order valence-corrected chi connectivity index (χ3v) is 3.42. The van der Waals surface area contributed by atoms with Crippen molar-refractivity contribution in [3.8, 4) is 6.07 Å². The molecule has 1 heterocycles. The van der Waals surface area contributed by atoms with E-state index in [0.29, 0.717) is 11.7 Å². The van der Waals surface area contributed by atoms with Crippen molar-refractivity contribution < 1.29 is 4.42 Å². The van der Waals surface area contributed by atoms with Crippen LogP contribution in [0.25, 0.3) is 11.0 Å². The van der Waals surface area contributed by atoms with E-state index in [-0.39, 0.29) is 0 Å². The minimum Gasteiger partial charge on any atom is -0.445 e. The molecule has 0 fully saturated rings. The maximum absolute atomic E-state index is 9.09. The molecular weight excluding hydrogens is 278 g/mol. The van der Waals surface area contributed by atoms with Crippen LogP contribution in [0.15, 0.2) is 21.0 Å². The molecule has 0 unspecified atom stereocenters. The lowest BCUT2D eigenvalue weighted by Crippen LogP contribution is -1.88. The second kappa shape index (κ2) is 4.54. The number of halogens is 1. The van der Waals surface area contributed by atoms with Gasteiger partial charge in [0.1, 0.15) is 11.7 Å². The SMILES string of the molecule is CCc1c(C#N)oc2c(C(C)C)cc(Br)cc12. The van der Waals surface area contributed by atoms with Crippen molar-refractivity contribution in [1.29, 1.82) is 5.26 Å². The average Bonchev–Trinajstić information content (AvgIpc) is 2.64. The lowest BCUT2D eigenvalue weighted by Gasteiger charge is -2.06. The first-order chi connectivity index (χ1) is 8.08. The minimum absolute atomic E-state index is 0.373. The van der Waals surface area contributed by atoms with Crippen LogP contribution >= 0.6 is 15.9 Å². The molecular formula is C14H14BrNO. The fourth-order valence-electron chi connectivity index (χ4n) is 2.11. The summed E-state index contributed by atoms with van der Waals surface area (Å²) in [6.07, 6.45) is 0.809. The summed E-state index contributed by atoms with van der Waals surface area (Å²) in [7, 11) is 0. The van der Waals surface area contributed by atoms with Crippen molar-refractivity contribution >= 4 is 26.9 Å². The minimum atomic E-state index is 0.373. The van der Waals surface area contributed by atoms with E-state index in [1.54, 1.807) is 0 Å². The van der Waals surface area contributed by atoms with Gasteiger partial charge in [0.05, 0.1) is 0 Å². The zero-order chi connectivity index (χ0) is 12.6. The normalized spacial score (nSPS) is 11.1. The largest absolute Gasteiger partial charge is 0.445 e. The predicted molar refractivity (Wildman–Crippen MR) is 72.1 cm³/mol. The van der Waals surface area contributed by atoms with Gasteiger partial charge in [-0.1, -0.05) is 36.7 Å². The molecule has 0 saturated heterocycles. The van der Waals surface area contributed by atoms with Crippen LogP contribution in [0.3, 0.4) is 0 Å². The molecule has 0 aliphatic carbocycles. The highest BCUT2D eigenvalue weighted by Gasteiger charge is 2.17. The molecule has 0 N–H and O–H groups in total. The van der Waals surface area contributed by atoms with Gasteiger partial charge in [0.15, 0.2) is 0 Å². The van der Waals surface area contributed by atoms with E-state index in [1.165, 1.54) is 0 Å². The molecule has 1 aromatic carbocycles. The molecule has 2 aromatic rings. The van der Waals surface area contributed by atoms with Crippen LogP contribution in [-0.4, -0.2) is 0 Å². The summed E-state index contributed by atoms with van der Waals surface area (Å²) >= 11 is 3.52. The highest BCUT2D eigenvalue weighted by atomic mass is 79.9. The number of rotatable bonds is 2. The number of nitriles is 1. The van der Waals surface area contributed by atoms with Crippen LogP contribution in [0.4, 0.5) is 0 Å². The molecule has 2 nitrogen and oxygen atoms in total. The van der Waals surface area contributed by atoms with Crippen molar-refractivity contribution in [3.63, 3.8) is 0 Å². The summed E-state index contributed by atoms with van der Waals surface area (Å²) in [5, 5.41) is 10.2.